The van der Waals surface area contributed by atoms with Gasteiger partial charge in [-0.1, -0.05) is 0 Å². The van der Waals surface area contributed by atoms with E-state index in [9.17, 15) is 59.4 Å². The Bertz CT molecular complexity index is 448. The van der Waals surface area contributed by atoms with E-state index in [2.05, 4.69) is 0 Å². The summed E-state index contributed by atoms with van der Waals surface area (Å²) >= 11 is 0. The Morgan fingerprint density at radius 2 is 0.423 bits per heavy atom. The van der Waals surface area contributed by atoms with E-state index >= 15 is 0 Å². The predicted octanol–water partition coefficient (Wildman–Crippen LogP) is -8.88. The van der Waals surface area contributed by atoms with Gasteiger partial charge in [0.15, 0.2) is 0 Å². The SMILES string of the molecule is O=C([O-])/C=C\C(=O)[O-].O=C([O-])/C=C\C(=O)[O-].O=C([O-])/C=C\C(=O)[O-].[Y+3].[Y+3]. The molecule has 0 aromatic heterocycles. The van der Waals surface area contributed by atoms with Gasteiger partial charge >= 0.3 is 65.4 Å². The number of carboxylic acid groups (broad SMARTS) is 6. The first kappa shape index (κ1) is 35.4. The Kier molecular flexibility index (Phi) is 31.6. The van der Waals surface area contributed by atoms with Gasteiger partial charge in [0.2, 0.25) is 0 Å². The van der Waals surface area contributed by atoms with Crippen LogP contribution in [-0.2, 0) is 94.2 Å². The first-order valence-corrected chi connectivity index (χ1v) is 5.18. The molecule has 0 aliphatic carbocycles. The van der Waals surface area contributed by atoms with Crippen LogP contribution in [0.3, 0.4) is 0 Å². The summed E-state index contributed by atoms with van der Waals surface area (Å²) in [5, 5.41) is 56.5. The van der Waals surface area contributed by atoms with E-state index in [4.69, 9.17) is 0 Å². The monoisotopic (exact) mass is 520 g/mol. The van der Waals surface area contributed by atoms with Crippen molar-refractivity contribution >= 4 is 35.8 Å². The Hall–Kier alpha value is -1.75. The standard InChI is InChI=1S/3C4H4O4.2Y/c3*5-3(6)1-2-4(7)8;;/h3*1-2H,(H,5,6)(H,7,8);;/q;;;2*+3/p-6/b3*2-1-;;. The molecule has 26 heavy (non-hydrogen) atoms. The van der Waals surface area contributed by atoms with Crippen molar-refractivity contribution in [2.24, 2.45) is 0 Å². The van der Waals surface area contributed by atoms with Crippen molar-refractivity contribution in [3.8, 4) is 0 Å². The minimum Gasteiger partial charge on any atom is -0.545 e. The average molecular weight is 520 g/mol. The molecule has 0 radical (unpaired) electrons. The second-order valence-corrected chi connectivity index (χ2v) is 2.91. The molecule has 0 amide bonds. The molecule has 0 rings (SSSR count). The maximum atomic E-state index is 9.41. The molecule has 0 unspecified atom stereocenters. The van der Waals surface area contributed by atoms with E-state index in [-0.39, 0.29) is 65.4 Å². The zero-order chi connectivity index (χ0) is 19.7. The van der Waals surface area contributed by atoms with Gasteiger partial charge in [0.05, 0.1) is 35.8 Å². The van der Waals surface area contributed by atoms with Gasteiger partial charge < -0.3 is 59.4 Å². The van der Waals surface area contributed by atoms with E-state index in [0.29, 0.717) is 36.5 Å². The van der Waals surface area contributed by atoms with E-state index in [1.165, 1.54) is 0 Å². The van der Waals surface area contributed by atoms with Crippen molar-refractivity contribution in [2.45, 2.75) is 0 Å². The Balaban J connectivity index is -0.0000000817. The van der Waals surface area contributed by atoms with Crippen LogP contribution >= 0.6 is 0 Å². The van der Waals surface area contributed by atoms with Gasteiger partial charge in [-0.25, -0.2) is 0 Å². The molecule has 0 aliphatic heterocycles. The third-order valence-corrected chi connectivity index (χ3v) is 1.07. The molecule has 0 aromatic carbocycles. The van der Waals surface area contributed by atoms with Gasteiger partial charge in [0.25, 0.3) is 0 Å². The predicted molar refractivity (Wildman–Crippen MR) is 57.5 cm³/mol. The number of hydrogen-bond donors (Lipinski definition) is 0. The molecular weight excluding hydrogens is 514 g/mol. The van der Waals surface area contributed by atoms with Crippen molar-refractivity contribution in [2.75, 3.05) is 0 Å². The second-order valence-electron chi connectivity index (χ2n) is 2.91. The van der Waals surface area contributed by atoms with Crippen molar-refractivity contribution in [1.29, 1.82) is 0 Å². The summed E-state index contributed by atoms with van der Waals surface area (Å²) in [6.07, 6.45) is 2.31. The van der Waals surface area contributed by atoms with E-state index in [1.54, 1.807) is 0 Å². The Morgan fingerprint density at radius 1 is 0.346 bits per heavy atom. The average Bonchev–Trinajstić information content (AvgIpc) is 2.42. The van der Waals surface area contributed by atoms with Crippen LogP contribution in [0, 0.1) is 0 Å². The quantitative estimate of drug-likeness (QED) is 0.297. The first-order valence-electron chi connectivity index (χ1n) is 5.18. The van der Waals surface area contributed by atoms with Crippen LogP contribution in [0.5, 0.6) is 0 Å². The number of carbonyl (C=O) groups is 6. The van der Waals surface area contributed by atoms with Crippen molar-refractivity contribution < 1.29 is 125 Å². The van der Waals surface area contributed by atoms with Crippen molar-refractivity contribution in [3.63, 3.8) is 0 Å². The number of hydrogen-bond acceptors (Lipinski definition) is 12. The van der Waals surface area contributed by atoms with Crippen LogP contribution in [0.25, 0.3) is 0 Å². The van der Waals surface area contributed by atoms with Crippen LogP contribution in [0.2, 0.25) is 0 Å². The van der Waals surface area contributed by atoms with Crippen LogP contribution in [0.4, 0.5) is 0 Å². The molecular formula is C12H6O12Y2. The molecule has 0 aliphatic rings. The molecule has 0 heterocycles. The molecule has 14 heteroatoms. The fourth-order valence-electron chi connectivity index (χ4n) is 0.408. The van der Waals surface area contributed by atoms with Crippen LogP contribution in [0.1, 0.15) is 0 Å². The smallest absolute Gasteiger partial charge is 0.545 e. The number of carboxylic acids is 6. The zero-order valence-corrected chi connectivity index (χ0v) is 18.2. The second kappa shape index (κ2) is 23.2. The van der Waals surface area contributed by atoms with E-state index in [1.807, 2.05) is 0 Å². The molecule has 0 atom stereocenters. The van der Waals surface area contributed by atoms with E-state index < -0.39 is 35.8 Å². The zero-order valence-electron chi connectivity index (χ0n) is 12.5. The maximum absolute atomic E-state index is 9.41. The summed E-state index contributed by atoms with van der Waals surface area (Å²) < 4.78 is 0. The third-order valence-electron chi connectivity index (χ3n) is 1.07. The van der Waals surface area contributed by atoms with Gasteiger partial charge in [-0.3, -0.25) is 0 Å². The van der Waals surface area contributed by atoms with Gasteiger partial charge in [-0.15, -0.1) is 0 Å². The molecule has 0 bridgehead atoms. The van der Waals surface area contributed by atoms with Gasteiger partial charge in [-0.05, 0) is 36.5 Å². The molecule has 0 saturated heterocycles. The summed E-state index contributed by atoms with van der Waals surface area (Å²) in [6, 6.07) is 0. The summed E-state index contributed by atoms with van der Waals surface area (Å²) in [7, 11) is 0. The Morgan fingerprint density at radius 3 is 0.462 bits per heavy atom. The largest absolute Gasteiger partial charge is 3.00 e. The molecule has 0 spiro atoms. The van der Waals surface area contributed by atoms with Crippen LogP contribution in [-0.4, -0.2) is 35.8 Å². The summed E-state index contributed by atoms with van der Waals surface area (Å²) in [5.41, 5.74) is 0. The third kappa shape index (κ3) is 57.2. The summed E-state index contributed by atoms with van der Waals surface area (Å²) in [6.45, 7) is 0. The van der Waals surface area contributed by atoms with Gasteiger partial charge in [0.1, 0.15) is 0 Å². The van der Waals surface area contributed by atoms with Crippen molar-refractivity contribution in [1.82, 2.24) is 0 Å². The Labute approximate surface area is 195 Å². The normalized spacial score (nSPS) is 8.77. The van der Waals surface area contributed by atoms with Crippen molar-refractivity contribution in [3.05, 3.63) is 36.5 Å². The molecule has 0 aromatic rings. The van der Waals surface area contributed by atoms with Crippen LogP contribution in [0.15, 0.2) is 36.5 Å². The van der Waals surface area contributed by atoms with Crippen LogP contribution < -0.4 is 30.6 Å². The summed E-state index contributed by atoms with van der Waals surface area (Å²) in [5.74, 6) is -9.28. The summed E-state index contributed by atoms with van der Waals surface area (Å²) in [4.78, 5) is 56.5. The van der Waals surface area contributed by atoms with Gasteiger partial charge in [-0.2, -0.15) is 0 Å². The number of carbonyl (C=O) groups excluding carboxylic acids is 6. The molecule has 12 nitrogen and oxygen atoms in total. The minimum absolute atomic E-state index is 0. The molecule has 0 saturated carbocycles. The number of rotatable bonds is 6. The fraction of sp³-hybridized carbons (Fsp3) is 0. The van der Waals surface area contributed by atoms with Gasteiger partial charge in [0, 0.05) is 0 Å². The first-order chi connectivity index (χ1) is 10.9. The topological polar surface area (TPSA) is 241 Å². The molecule has 0 fully saturated rings. The minimum atomic E-state index is -1.55. The fourth-order valence-corrected chi connectivity index (χ4v) is 0.408. The number of aliphatic carboxylic acids is 6. The molecule has 0 N–H and O–H groups in total. The maximum Gasteiger partial charge on any atom is 3.00 e. The molecule has 132 valence electrons. The van der Waals surface area contributed by atoms with E-state index in [0.717, 1.165) is 0 Å².